The second-order valence-electron chi connectivity index (χ2n) is 7.10. The average Bonchev–Trinajstić information content (AvgIpc) is 3.13. The van der Waals surface area contributed by atoms with E-state index in [1.807, 2.05) is 29.2 Å². The molecule has 0 bridgehead atoms. The molecule has 0 saturated heterocycles. The normalized spacial score (nSPS) is 14.3. The molecule has 3 aromatic rings. The van der Waals surface area contributed by atoms with Gasteiger partial charge in [0, 0.05) is 35.8 Å². The van der Waals surface area contributed by atoms with Crippen molar-refractivity contribution in [3.05, 3.63) is 71.4 Å². The van der Waals surface area contributed by atoms with Gasteiger partial charge in [-0.3, -0.25) is 4.79 Å². The lowest BCUT2D eigenvalue weighted by atomic mass is 9.98. The summed E-state index contributed by atoms with van der Waals surface area (Å²) < 4.78 is 5.36. The number of rotatable bonds is 4. The zero-order chi connectivity index (χ0) is 18.8. The van der Waals surface area contributed by atoms with Crippen LogP contribution in [0.4, 0.5) is 0 Å². The highest BCUT2D eigenvalue weighted by Gasteiger charge is 2.19. The van der Waals surface area contributed by atoms with Gasteiger partial charge in [-0.25, -0.2) is 0 Å². The highest BCUT2D eigenvalue weighted by molar-refractivity contribution is 5.94. The number of aromatic nitrogens is 1. The molecule has 1 amide bonds. The number of amides is 1. The molecule has 1 N–H and O–H groups in total. The Labute approximate surface area is 159 Å². The monoisotopic (exact) mass is 360 g/mol. The van der Waals surface area contributed by atoms with E-state index in [-0.39, 0.29) is 5.91 Å². The van der Waals surface area contributed by atoms with Gasteiger partial charge in [0.15, 0.2) is 0 Å². The summed E-state index contributed by atoms with van der Waals surface area (Å²) in [5.41, 5.74) is 5.88. The number of methoxy groups -OCH3 is 1. The standard InChI is InChI=1S/C23H24N2O2/c1-16-3-5-17(6-4-16)13-23(26)25-11-9-18(10-12-25)21-15-24-22-8-7-19(27-2)14-20(21)22/h3-9,14-15,24H,10-13H2,1-2H3. The molecule has 4 heteroatoms. The number of fused-ring (bicyclic) bond motifs is 1. The minimum atomic E-state index is 0.190. The van der Waals surface area contributed by atoms with Crippen LogP contribution in [0, 0.1) is 6.92 Å². The van der Waals surface area contributed by atoms with E-state index in [4.69, 9.17) is 4.74 Å². The quantitative estimate of drug-likeness (QED) is 0.752. The number of benzene rings is 2. The van der Waals surface area contributed by atoms with Gasteiger partial charge in [0.25, 0.3) is 0 Å². The predicted molar refractivity (Wildman–Crippen MR) is 109 cm³/mol. The third-order valence-corrected chi connectivity index (χ3v) is 5.27. The lowest BCUT2D eigenvalue weighted by Crippen LogP contribution is -2.35. The van der Waals surface area contributed by atoms with Crippen LogP contribution in [0.1, 0.15) is 23.1 Å². The summed E-state index contributed by atoms with van der Waals surface area (Å²) in [6.07, 6.45) is 5.57. The van der Waals surface area contributed by atoms with E-state index in [1.165, 1.54) is 22.1 Å². The molecule has 2 aromatic carbocycles. The molecule has 4 rings (SSSR count). The molecule has 27 heavy (non-hydrogen) atoms. The fourth-order valence-corrected chi connectivity index (χ4v) is 3.63. The Morgan fingerprint density at radius 1 is 1.19 bits per heavy atom. The van der Waals surface area contributed by atoms with Gasteiger partial charge in [-0.15, -0.1) is 0 Å². The Balaban J connectivity index is 1.48. The summed E-state index contributed by atoms with van der Waals surface area (Å²) in [5, 5.41) is 1.17. The smallest absolute Gasteiger partial charge is 0.227 e. The van der Waals surface area contributed by atoms with Crippen LogP contribution in [0.15, 0.2) is 54.7 Å². The van der Waals surface area contributed by atoms with E-state index in [1.54, 1.807) is 7.11 Å². The van der Waals surface area contributed by atoms with Gasteiger partial charge in [0.05, 0.1) is 13.5 Å². The van der Waals surface area contributed by atoms with E-state index < -0.39 is 0 Å². The fraction of sp³-hybridized carbons (Fsp3) is 0.261. The van der Waals surface area contributed by atoms with Gasteiger partial charge < -0.3 is 14.6 Å². The predicted octanol–water partition coefficient (Wildman–Crippen LogP) is 4.34. The maximum absolute atomic E-state index is 12.6. The summed E-state index contributed by atoms with van der Waals surface area (Å²) in [4.78, 5) is 17.9. The van der Waals surface area contributed by atoms with E-state index in [2.05, 4.69) is 42.4 Å². The third-order valence-electron chi connectivity index (χ3n) is 5.27. The molecule has 0 atom stereocenters. The maximum atomic E-state index is 12.6. The molecule has 0 fully saturated rings. The molecule has 2 heterocycles. The van der Waals surface area contributed by atoms with Crippen molar-refractivity contribution in [1.82, 2.24) is 9.88 Å². The Morgan fingerprint density at radius 2 is 2.00 bits per heavy atom. The lowest BCUT2D eigenvalue weighted by Gasteiger charge is -2.26. The van der Waals surface area contributed by atoms with Crippen LogP contribution in [-0.2, 0) is 11.2 Å². The number of hydrogen-bond donors (Lipinski definition) is 1. The molecule has 0 spiro atoms. The largest absolute Gasteiger partial charge is 0.497 e. The van der Waals surface area contributed by atoms with E-state index >= 15 is 0 Å². The molecule has 0 unspecified atom stereocenters. The van der Waals surface area contributed by atoms with E-state index in [0.717, 1.165) is 29.8 Å². The topological polar surface area (TPSA) is 45.3 Å². The first kappa shape index (κ1) is 17.4. The molecular formula is C23H24N2O2. The van der Waals surface area contributed by atoms with Crippen molar-refractivity contribution in [2.24, 2.45) is 0 Å². The first-order valence-corrected chi connectivity index (χ1v) is 9.32. The summed E-state index contributed by atoms with van der Waals surface area (Å²) in [6.45, 7) is 3.48. The van der Waals surface area contributed by atoms with Gasteiger partial charge >= 0.3 is 0 Å². The van der Waals surface area contributed by atoms with Crippen molar-refractivity contribution in [3.63, 3.8) is 0 Å². The van der Waals surface area contributed by atoms with Crippen LogP contribution < -0.4 is 4.74 Å². The second kappa shape index (κ2) is 7.31. The first-order valence-electron chi connectivity index (χ1n) is 9.32. The SMILES string of the molecule is COc1ccc2[nH]cc(C3=CCN(C(=O)Cc4ccc(C)cc4)CC3)c2c1. The molecule has 0 saturated carbocycles. The minimum Gasteiger partial charge on any atom is -0.497 e. The van der Waals surface area contributed by atoms with Crippen molar-refractivity contribution >= 4 is 22.4 Å². The molecule has 1 aliphatic rings. The van der Waals surface area contributed by atoms with Crippen LogP contribution in [-0.4, -0.2) is 36.0 Å². The number of carbonyl (C=O) groups is 1. The van der Waals surface area contributed by atoms with Crippen LogP contribution in [0.25, 0.3) is 16.5 Å². The average molecular weight is 360 g/mol. The van der Waals surface area contributed by atoms with E-state index in [0.29, 0.717) is 13.0 Å². The van der Waals surface area contributed by atoms with Crippen molar-refractivity contribution in [2.75, 3.05) is 20.2 Å². The second-order valence-corrected chi connectivity index (χ2v) is 7.10. The lowest BCUT2D eigenvalue weighted by molar-refractivity contribution is -0.130. The zero-order valence-electron chi connectivity index (χ0n) is 15.8. The molecule has 1 aliphatic heterocycles. The fourth-order valence-electron chi connectivity index (χ4n) is 3.63. The molecule has 0 radical (unpaired) electrons. The Bertz CT molecular complexity index is 999. The molecule has 4 nitrogen and oxygen atoms in total. The highest BCUT2D eigenvalue weighted by atomic mass is 16.5. The van der Waals surface area contributed by atoms with Crippen molar-refractivity contribution in [2.45, 2.75) is 19.8 Å². The molecule has 0 aliphatic carbocycles. The third kappa shape index (κ3) is 3.61. The van der Waals surface area contributed by atoms with Gasteiger partial charge in [-0.05, 0) is 42.7 Å². The first-order chi connectivity index (χ1) is 13.1. The summed E-state index contributed by atoms with van der Waals surface area (Å²) in [7, 11) is 1.69. The van der Waals surface area contributed by atoms with Crippen LogP contribution in [0.5, 0.6) is 5.75 Å². The number of aromatic amines is 1. The van der Waals surface area contributed by atoms with Crippen molar-refractivity contribution < 1.29 is 9.53 Å². The zero-order valence-corrected chi connectivity index (χ0v) is 15.8. The van der Waals surface area contributed by atoms with Crippen LogP contribution >= 0.6 is 0 Å². The Kier molecular flexibility index (Phi) is 4.71. The summed E-state index contributed by atoms with van der Waals surface area (Å²) in [6, 6.07) is 14.3. The minimum absolute atomic E-state index is 0.190. The van der Waals surface area contributed by atoms with Crippen LogP contribution in [0.3, 0.4) is 0 Å². The number of carbonyl (C=O) groups excluding carboxylic acids is 1. The Morgan fingerprint density at radius 3 is 2.70 bits per heavy atom. The summed E-state index contributed by atoms with van der Waals surface area (Å²) in [5.74, 6) is 1.05. The van der Waals surface area contributed by atoms with Crippen molar-refractivity contribution in [1.29, 1.82) is 0 Å². The van der Waals surface area contributed by atoms with Gasteiger partial charge in [0.1, 0.15) is 5.75 Å². The number of nitrogens with zero attached hydrogens (tertiary/aromatic N) is 1. The highest BCUT2D eigenvalue weighted by Crippen LogP contribution is 2.31. The number of aryl methyl sites for hydroxylation is 1. The van der Waals surface area contributed by atoms with Gasteiger partial charge in [0.2, 0.25) is 5.91 Å². The van der Waals surface area contributed by atoms with Crippen molar-refractivity contribution in [3.8, 4) is 5.75 Å². The van der Waals surface area contributed by atoms with Crippen LogP contribution in [0.2, 0.25) is 0 Å². The number of ether oxygens (including phenoxy) is 1. The molecular weight excluding hydrogens is 336 g/mol. The maximum Gasteiger partial charge on any atom is 0.227 e. The number of hydrogen-bond acceptors (Lipinski definition) is 2. The Hall–Kier alpha value is -3.01. The summed E-state index contributed by atoms with van der Waals surface area (Å²) >= 11 is 0. The molecule has 1 aromatic heterocycles. The van der Waals surface area contributed by atoms with Gasteiger partial charge in [-0.2, -0.15) is 0 Å². The van der Waals surface area contributed by atoms with E-state index in [9.17, 15) is 4.79 Å². The number of nitrogens with one attached hydrogen (secondary N) is 1. The number of H-pyrrole nitrogens is 1. The molecule has 138 valence electrons. The van der Waals surface area contributed by atoms with Gasteiger partial charge in [-0.1, -0.05) is 35.9 Å².